The maximum atomic E-state index is 5.83. The fourth-order valence-electron chi connectivity index (χ4n) is 2.88. The van der Waals surface area contributed by atoms with Gasteiger partial charge in [-0.15, -0.1) is 0 Å². The summed E-state index contributed by atoms with van der Waals surface area (Å²) in [4.78, 5) is 2.35. The first-order valence-electron chi connectivity index (χ1n) is 7.58. The van der Waals surface area contributed by atoms with Crippen LogP contribution in [0.1, 0.15) is 17.5 Å². The lowest BCUT2D eigenvalue weighted by atomic mass is 10.0. The van der Waals surface area contributed by atoms with E-state index in [0.29, 0.717) is 6.54 Å². The number of hydrogen-bond donors (Lipinski definition) is 1. The fourth-order valence-corrected chi connectivity index (χ4v) is 2.88. The summed E-state index contributed by atoms with van der Waals surface area (Å²) in [5.74, 6) is 0.971. The summed E-state index contributed by atoms with van der Waals surface area (Å²) in [6.45, 7) is 4.61. The first kappa shape index (κ1) is 14.0. The minimum absolute atomic E-state index is 0.695. The maximum absolute atomic E-state index is 5.83. The summed E-state index contributed by atoms with van der Waals surface area (Å²) >= 11 is 0. The topological polar surface area (TPSA) is 38.5 Å². The van der Waals surface area contributed by atoms with E-state index in [9.17, 15) is 0 Å². The lowest BCUT2D eigenvalue weighted by Crippen LogP contribution is -2.18. The molecule has 0 fully saturated rings. The molecule has 0 spiro atoms. The largest absolute Gasteiger partial charge is 0.491 e. The molecule has 2 aromatic carbocycles. The van der Waals surface area contributed by atoms with Gasteiger partial charge in [-0.1, -0.05) is 18.2 Å². The highest BCUT2D eigenvalue weighted by Crippen LogP contribution is 2.36. The van der Waals surface area contributed by atoms with Gasteiger partial charge in [-0.2, -0.15) is 0 Å². The molecule has 0 unspecified atom stereocenters. The Morgan fingerprint density at radius 1 is 1.19 bits per heavy atom. The highest BCUT2D eigenvalue weighted by atomic mass is 16.5. The Kier molecular flexibility index (Phi) is 4.11. The number of nitrogens with zero attached hydrogens (tertiary/aromatic N) is 1. The van der Waals surface area contributed by atoms with E-state index in [1.54, 1.807) is 0 Å². The van der Waals surface area contributed by atoms with Crippen molar-refractivity contribution in [1.82, 2.24) is 0 Å². The number of rotatable bonds is 3. The van der Waals surface area contributed by atoms with Crippen LogP contribution < -0.4 is 15.4 Å². The summed E-state index contributed by atoms with van der Waals surface area (Å²) in [7, 11) is 0. The molecule has 0 aromatic heterocycles. The Balaban J connectivity index is 1.98. The van der Waals surface area contributed by atoms with Crippen LogP contribution >= 0.6 is 0 Å². The molecule has 0 saturated heterocycles. The highest BCUT2D eigenvalue weighted by Gasteiger charge is 2.17. The van der Waals surface area contributed by atoms with Crippen LogP contribution in [0.2, 0.25) is 0 Å². The fraction of sp³-hybridized carbons (Fsp3) is 0.333. The molecule has 2 aromatic rings. The smallest absolute Gasteiger partial charge is 0.142 e. The number of ether oxygens (including phenoxy) is 1. The van der Waals surface area contributed by atoms with Gasteiger partial charge in [0.05, 0.1) is 12.3 Å². The molecule has 3 heteroatoms. The number of fused-ring (bicyclic) bond motifs is 1. The molecule has 1 heterocycles. The lowest BCUT2D eigenvalue weighted by molar-refractivity contribution is 0.322. The first-order chi connectivity index (χ1) is 10.3. The average Bonchev–Trinajstić information content (AvgIpc) is 2.72. The summed E-state index contributed by atoms with van der Waals surface area (Å²) < 4.78 is 5.83. The zero-order valence-corrected chi connectivity index (χ0v) is 12.5. The van der Waals surface area contributed by atoms with E-state index >= 15 is 0 Å². The predicted molar refractivity (Wildman–Crippen MR) is 87.5 cm³/mol. The third kappa shape index (κ3) is 2.88. The van der Waals surface area contributed by atoms with E-state index in [1.807, 2.05) is 12.1 Å². The molecule has 3 nitrogen and oxygen atoms in total. The SMILES string of the molecule is Cc1cc(N2CCCOc3ccccc32)ccc1CCN. The first-order valence-corrected chi connectivity index (χ1v) is 7.58. The molecule has 3 rings (SSSR count). The molecule has 21 heavy (non-hydrogen) atoms. The zero-order valence-electron chi connectivity index (χ0n) is 12.5. The summed E-state index contributed by atoms with van der Waals surface area (Å²) in [5, 5.41) is 0. The number of anilines is 2. The summed E-state index contributed by atoms with van der Waals surface area (Å²) in [6, 6.07) is 14.9. The lowest BCUT2D eigenvalue weighted by Gasteiger charge is -2.24. The van der Waals surface area contributed by atoms with Crippen molar-refractivity contribution in [3.8, 4) is 5.75 Å². The van der Waals surface area contributed by atoms with Crippen LogP contribution in [0.5, 0.6) is 5.75 Å². The van der Waals surface area contributed by atoms with Crippen LogP contribution in [-0.4, -0.2) is 19.7 Å². The van der Waals surface area contributed by atoms with Crippen LogP contribution in [-0.2, 0) is 6.42 Å². The van der Waals surface area contributed by atoms with Crippen LogP contribution in [0.3, 0.4) is 0 Å². The summed E-state index contributed by atoms with van der Waals surface area (Å²) in [6.07, 6.45) is 1.96. The number of hydrogen-bond acceptors (Lipinski definition) is 3. The van der Waals surface area contributed by atoms with Crippen molar-refractivity contribution in [2.45, 2.75) is 19.8 Å². The Hall–Kier alpha value is -2.00. The highest BCUT2D eigenvalue weighted by molar-refractivity contribution is 5.70. The van der Waals surface area contributed by atoms with Gasteiger partial charge in [0, 0.05) is 12.2 Å². The molecular formula is C18H22N2O. The van der Waals surface area contributed by atoms with Gasteiger partial charge in [-0.3, -0.25) is 0 Å². The Morgan fingerprint density at radius 2 is 2.05 bits per heavy atom. The second-order valence-corrected chi connectivity index (χ2v) is 5.47. The molecule has 0 amide bonds. The van der Waals surface area contributed by atoms with E-state index in [0.717, 1.165) is 37.4 Å². The van der Waals surface area contributed by atoms with E-state index < -0.39 is 0 Å². The van der Waals surface area contributed by atoms with Crippen molar-refractivity contribution in [3.63, 3.8) is 0 Å². The summed E-state index contributed by atoms with van der Waals surface area (Å²) in [5.41, 5.74) is 10.7. The molecule has 0 bridgehead atoms. The zero-order chi connectivity index (χ0) is 14.7. The van der Waals surface area contributed by atoms with E-state index in [2.05, 4.69) is 42.2 Å². The molecule has 0 saturated carbocycles. The number of para-hydroxylation sites is 2. The molecule has 1 aliphatic rings. The van der Waals surface area contributed by atoms with Crippen molar-refractivity contribution in [3.05, 3.63) is 53.6 Å². The quantitative estimate of drug-likeness (QED) is 0.937. The molecule has 0 aliphatic carbocycles. The molecule has 0 atom stereocenters. The van der Waals surface area contributed by atoms with Gasteiger partial charge < -0.3 is 15.4 Å². The van der Waals surface area contributed by atoms with Crippen LogP contribution in [0.25, 0.3) is 0 Å². The van der Waals surface area contributed by atoms with Gasteiger partial charge in [0.1, 0.15) is 5.75 Å². The third-order valence-electron chi connectivity index (χ3n) is 3.99. The van der Waals surface area contributed by atoms with Crippen molar-refractivity contribution < 1.29 is 4.74 Å². The van der Waals surface area contributed by atoms with Crippen molar-refractivity contribution in [2.24, 2.45) is 5.73 Å². The second-order valence-electron chi connectivity index (χ2n) is 5.47. The number of aryl methyl sites for hydroxylation is 1. The van der Waals surface area contributed by atoms with Crippen LogP contribution in [0.4, 0.5) is 11.4 Å². The molecule has 2 N–H and O–H groups in total. The standard InChI is InChI=1S/C18H22N2O/c1-14-13-16(8-7-15(14)9-10-19)20-11-4-12-21-18-6-3-2-5-17(18)20/h2-3,5-8,13H,4,9-12,19H2,1H3. The van der Waals surface area contributed by atoms with Crippen molar-refractivity contribution >= 4 is 11.4 Å². The minimum Gasteiger partial charge on any atom is -0.491 e. The van der Waals surface area contributed by atoms with Crippen molar-refractivity contribution in [1.29, 1.82) is 0 Å². The van der Waals surface area contributed by atoms with E-state index in [4.69, 9.17) is 10.5 Å². The maximum Gasteiger partial charge on any atom is 0.142 e. The average molecular weight is 282 g/mol. The van der Waals surface area contributed by atoms with Gasteiger partial charge >= 0.3 is 0 Å². The van der Waals surface area contributed by atoms with Crippen molar-refractivity contribution in [2.75, 3.05) is 24.6 Å². The minimum atomic E-state index is 0.695. The Labute approximate surface area is 126 Å². The normalized spacial score (nSPS) is 14.3. The van der Waals surface area contributed by atoms with E-state index in [1.165, 1.54) is 16.8 Å². The van der Waals surface area contributed by atoms with Gasteiger partial charge in [0.15, 0.2) is 0 Å². The monoisotopic (exact) mass is 282 g/mol. The Morgan fingerprint density at radius 3 is 2.86 bits per heavy atom. The molecule has 110 valence electrons. The van der Waals surface area contributed by atoms with Gasteiger partial charge in [-0.25, -0.2) is 0 Å². The third-order valence-corrected chi connectivity index (χ3v) is 3.99. The molecule has 0 radical (unpaired) electrons. The van der Waals surface area contributed by atoms with E-state index in [-0.39, 0.29) is 0 Å². The van der Waals surface area contributed by atoms with Gasteiger partial charge in [0.2, 0.25) is 0 Å². The number of nitrogens with two attached hydrogens (primary N) is 1. The van der Waals surface area contributed by atoms with Gasteiger partial charge in [-0.05, 0) is 61.7 Å². The van der Waals surface area contributed by atoms with Gasteiger partial charge in [0.25, 0.3) is 0 Å². The number of benzene rings is 2. The Bertz CT molecular complexity index is 624. The van der Waals surface area contributed by atoms with Crippen LogP contribution in [0.15, 0.2) is 42.5 Å². The molecular weight excluding hydrogens is 260 g/mol. The predicted octanol–water partition coefficient (Wildman–Crippen LogP) is 3.42. The van der Waals surface area contributed by atoms with Crippen LogP contribution in [0, 0.1) is 6.92 Å². The molecule has 1 aliphatic heterocycles. The second kappa shape index (κ2) is 6.19.